The molecule has 0 bridgehead atoms. The number of rotatable bonds is 14. The maximum absolute atomic E-state index is 14.6. The number of alkyl halides is 1. The summed E-state index contributed by atoms with van der Waals surface area (Å²) in [5, 5.41) is 0. The summed E-state index contributed by atoms with van der Waals surface area (Å²) in [6, 6.07) is 13.4. The first kappa shape index (κ1) is 28.1. The van der Waals surface area contributed by atoms with Crippen LogP contribution in [0.15, 0.2) is 42.5 Å². The SMILES string of the molecule is CCCCCCCOc1ccc(-c2ccc([C@H]3CC[C@H](OC(=O)[C@@H](F)CCCC)CC3)cc2)cc1F. The van der Waals surface area contributed by atoms with E-state index >= 15 is 0 Å². The Kier molecular flexibility index (Phi) is 11.7. The fraction of sp³-hybridized carbons (Fsp3) is 0.581. The average Bonchev–Trinajstić information content (AvgIpc) is 2.90. The molecule has 0 amide bonds. The van der Waals surface area contributed by atoms with E-state index in [0.717, 1.165) is 56.1 Å². The number of ether oxygens (including phenoxy) is 2. The molecule has 1 saturated carbocycles. The van der Waals surface area contributed by atoms with E-state index in [1.54, 1.807) is 12.1 Å². The van der Waals surface area contributed by atoms with Crippen LogP contribution in [0.3, 0.4) is 0 Å². The van der Waals surface area contributed by atoms with E-state index in [4.69, 9.17) is 9.47 Å². The Labute approximate surface area is 215 Å². The van der Waals surface area contributed by atoms with E-state index in [1.165, 1.54) is 24.8 Å². The zero-order chi connectivity index (χ0) is 25.8. The van der Waals surface area contributed by atoms with Crippen LogP contribution >= 0.6 is 0 Å². The van der Waals surface area contributed by atoms with Crippen molar-refractivity contribution in [3.63, 3.8) is 0 Å². The molecule has 1 atom stereocenters. The van der Waals surface area contributed by atoms with E-state index in [0.29, 0.717) is 24.7 Å². The van der Waals surface area contributed by atoms with Crippen LogP contribution in [-0.4, -0.2) is 24.9 Å². The Morgan fingerprint density at radius 2 is 1.56 bits per heavy atom. The Morgan fingerprint density at radius 3 is 2.22 bits per heavy atom. The van der Waals surface area contributed by atoms with Crippen molar-refractivity contribution in [2.45, 2.75) is 109 Å². The van der Waals surface area contributed by atoms with Crippen molar-refractivity contribution < 1.29 is 23.0 Å². The van der Waals surface area contributed by atoms with Crippen molar-refractivity contribution in [1.82, 2.24) is 0 Å². The highest BCUT2D eigenvalue weighted by atomic mass is 19.1. The number of hydrogen-bond donors (Lipinski definition) is 0. The number of unbranched alkanes of at least 4 members (excludes halogenated alkanes) is 5. The third kappa shape index (κ3) is 8.60. The molecule has 0 heterocycles. The first-order valence-electron chi connectivity index (χ1n) is 13.9. The molecule has 2 aromatic carbocycles. The number of esters is 1. The fourth-order valence-corrected chi connectivity index (χ4v) is 4.89. The smallest absolute Gasteiger partial charge is 0.340 e. The highest BCUT2D eigenvalue weighted by Gasteiger charge is 2.27. The van der Waals surface area contributed by atoms with Gasteiger partial charge in [-0.2, -0.15) is 0 Å². The third-order valence-electron chi connectivity index (χ3n) is 7.18. The molecule has 0 aliphatic heterocycles. The van der Waals surface area contributed by atoms with Crippen LogP contribution in [0.4, 0.5) is 8.78 Å². The van der Waals surface area contributed by atoms with E-state index in [1.807, 2.05) is 25.1 Å². The standard InChI is InChI=1S/C31H42F2O3/c1-3-5-7-8-9-21-35-30-20-17-26(22-29(30)33)25-13-11-23(12-14-25)24-15-18-27(19-16-24)36-31(34)28(32)10-6-4-2/h11-14,17,20,22,24,27-28H,3-10,15-16,18-19,21H2,1-2H3/t24-,27-,28-/m0/s1. The van der Waals surface area contributed by atoms with Crippen molar-refractivity contribution in [2.75, 3.05) is 6.61 Å². The normalized spacial score (nSPS) is 18.6. The Balaban J connectivity index is 1.47. The van der Waals surface area contributed by atoms with Gasteiger partial charge in [0, 0.05) is 0 Å². The molecule has 0 saturated heterocycles. The summed E-state index contributed by atoms with van der Waals surface area (Å²) in [6.45, 7) is 4.71. The van der Waals surface area contributed by atoms with Crippen LogP contribution in [0, 0.1) is 5.82 Å². The lowest BCUT2D eigenvalue weighted by atomic mass is 9.82. The maximum Gasteiger partial charge on any atom is 0.340 e. The summed E-state index contributed by atoms with van der Waals surface area (Å²) in [4.78, 5) is 12.0. The molecule has 1 aliphatic rings. The molecular formula is C31H42F2O3. The predicted octanol–water partition coefficient (Wildman–Crippen LogP) is 8.94. The average molecular weight is 501 g/mol. The summed E-state index contributed by atoms with van der Waals surface area (Å²) < 4.78 is 39.6. The number of halogens is 2. The van der Waals surface area contributed by atoms with Crippen LogP contribution in [0.25, 0.3) is 11.1 Å². The minimum atomic E-state index is -1.50. The molecule has 0 unspecified atom stereocenters. The summed E-state index contributed by atoms with van der Waals surface area (Å²) >= 11 is 0. The summed E-state index contributed by atoms with van der Waals surface area (Å²) in [5.74, 6) is -0.331. The van der Waals surface area contributed by atoms with Gasteiger partial charge in [-0.15, -0.1) is 0 Å². The molecule has 36 heavy (non-hydrogen) atoms. The second-order valence-electron chi connectivity index (χ2n) is 10.1. The monoisotopic (exact) mass is 500 g/mol. The van der Waals surface area contributed by atoms with Crippen molar-refractivity contribution in [2.24, 2.45) is 0 Å². The van der Waals surface area contributed by atoms with Gasteiger partial charge in [0.1, 0.15) is 6.10 Å². The van der Waals surface area contributed by atoms with Gasteiger partial charge in [-0.05, 0) is 73.3 Å². The molecule has 0 radical (unpaired) electrons. The highest BCUT2D eigenvalue weighted by Crippen LogP contribution is 2.35. The van der Waals surface area contributed by atoms with Gasteiger partial charge < -0.3 is 9.47 Å². The zero-order valence-corrected chi connectivity index (χ0v) is 21.9. The molecule has 3 rings (SSSR count). The zero-order valence-electron chi connectivity index (χ0n) is 21.9. The Hall–Kier alpha value is -2.43. The van der Waals surface area contributed by atoms with Crippen LogP contribution in [-0.2, 0) is 9.53 Å². The van der Waals surface area contributed by atoms with E-state index in [9.17, 15) is 13.6 Å². The van der Waals surface area contributed by atoms with Gasteiger partial charge in [-0.3, -0.25) is 0 Å². The van der Waals surface area contributed by atoms with Gasteiger partial charge in [-0.1, -0.05) is 82.7 Å². The molecule has 0 spiro atoms. The molecule has 0 N–H and O–H groups in total. The first-order chi connectivity index (χ1) is 17.5. The van der Waals surface area contributed by atoms with Crippen molar-refractivity contribution in [1.29, 1.82) is 0 Å². The largest absolute Gasteiger partial charge is 0.491 e. The lowest BCUT2D eigenvalue weighted by Crippen LogP contribution is -2.28. The van der Waals surface area contributed by atoms with Crippen LogP contribution < -0.4 is 4.74 Å². The predicted molar refractivity (Wildman–Crippen MR) is 142 cm³/mol. The number of carbonyl (C=O) groups is 1. The molecule has 5 heteroatoms. The van der Waals surface area contributed by atoms with Gasteiger partial charge in [0.05, 0.1) is 6.61 Å². The van der Waals surface area contributed by atoms with E-state index in [2.05, 4.69) is 19.1 Å². The molecule has 1 aliphatic carbocycles. The first-order valence-corrected chi connectivity index (χ1v) is 13.9. The van der Waals surface area contributed by atoms with Gasteiger partial charge in [-0.25, -0.2) is 13.6 Å². The third-order valence-corrected chi connectivity index (χ3v) is 7.18. The van der Waals surface area contributed by atoms with Crippen molar-refractivity contribution in [3.05, 3.63) is 53.8 Å². The van der Waals surface area contributed by atoms with Crippen molar-refractivity contribution >= 4 is 5.97 Å². The second-order valence-corrected chi connectivity index (χ2v) is 10.1. The molecule has 1 fully saturated rings. The van der Waals surface area contributed by atoms with E-state index in [-0.39, 0.29) is 18.3 Å². The van der Waals surface area contributed by atoms with Crippen LogP contribution in [0.2, 0.25) is 0 Å². The topological polar surface area (TPSA) is 35.5 Å². The molecule has 3 nitrogen and oxygen atoms in total. The van der Waals surface area contributed by atoms with Gasteiger partial charge in [0.25, 0.3) is 0 Å². The number of carbonyl (C=O) groups excluding carboxylic acids is 1. The molecular weight excluding hydrogens is 458 g/mol. The lowest BCUT2D eigenvalue weighted by molar-refractivity contribution is -0.157. The summed E-state index contributed by atoms with van der Waals surface area (Å²) in [7, 11) is 0. The molecule has 0 aromatic heterocycles. The quantitative estimate of drug-likeness (QED) is 0.192. The van der Waals surface area contributed by atoms with Gasteiger partial charge in [0.2, 0.25) is 0 Å². The highest BCUT2D eigenvalue weighted by molar-refractivity contribution is 5.74. The van der Waals surface area contributed by atoms with Crippen molar-refractivity contribution in [3.8, 4) is 16.9 Å². The molecule has 198 valence electrons. The summed E-state index contributed by atoms with van der Waals surface area (Å²) in [6.07, 6.45) is 9.14. The maximum atomic E-state index is 14.6. The Bertz CT molecular complexity index is 920. The van der Waals surface area contributed by atoms with E-state index < -0.39 is 12.1 Å². The minimum Gasteiger partial charge on any atom is -0.491 e. The van der Waals surface area contributed by atoms with Crippen LogP contribution in [0.1, 0.15) is 102 Å². The molecule has 2 aromatic rings. The van der Waals surface area contributed by atoms with Crippen LogP contribution in [0.5, 0.6) is 5.75 Å². The summed E-state index contributed by atoms with van der Waals surface area (Å²) in [5.41, 5.74) is 3.03. The van der Waals surface area contributed by atoms with Gasteiger partial charge in [0.15, 0.2) is 17.7 Å². The second kappa shape index (κ2) is 15.0. The number of hydrogen-bond acceptors (Lipinski definition) is 3. The number of benzene rings is 2. The Morgan fingerprint density at radius 1 is 0.889 bits per heavy atom. The lowest BCUT2D eigenvalue weighted by Gasteiger charge is -2.29. The minimum absolute atomic E-state index is 0.187. The van der Waals surface area contributed by atoms with Gasteiger partial charge >= 0.3 is 5.97 Å². The fourth-order valence-electron chi connectivity index (χ4n) is 4.89.